The van der Waals surface area contributed by atoms with E-state index in [0.717, 1.165) is 22.4 Å². The molecular formula is C26H33ClN6O3. The molecule has 192 valence electrons. The van der Waals surface area contributed by atoms with Crippen LogP contribution in [0, 0.1) is 5.41 Å². The van der Waals surface area contributed by atoms with Gasteiger partial charge in [-0.25, -0.2) is 14.8 Å². The molecule has 1 fully saturated rings. The Bertz CT molecular complexity index is 1210. The minimum absolute atomic E-state index is 0.102. The summed E-state index contributed by atoms with van der Waals surface area (Å²) in [6.07, 6.45) is 3.93. The van der Waals surface area contributed by atoms with Crippen LogP contribution in [0.25, 0.3) is 11.0 Å². The zero-order valence-corrected chi connectivity index (χ0v) is 21.9. The number of nitrogens with one attached hydrogen (secondary N) is 3. The minimum Gasteiger partial charge on any atom is -0.444 e. The van der Waals surface area contributed by atoms with E-state index in [-0.39, 0.29) is 18.5 Å². The Morgan fingerprint density at radius 2 is 1.86 bits per heavy atom. The summed E-state index contributed by atoms with van der Waals surface area (Å²) in [4.78, 5) is 40.2. The van der Waals surface area contributed by atoms with Gasteiger partial charge in [0, 0.05) is 30.9 Å². The summed E-state index contributed by atoms with van der Waals surface area (Å²) in [6.45, 7) is 8.76. The highest BCUT2D eigenvalue weighted by atomic mass is 35.5. The van der Waals surface area contributed by atoms with Crippen LogP contribution in [0.15, 0.2) is 42.9 Å². The van der Waals surface area contributed by atoms with E-state index in [9.17, 15) is 9.59 Å². The van der Waals surface area contributed by atoms with E-state index in [0.29, 0.717) is 31.0 Å². The molecule has 1 aliphatic heterocycles. The maximum Gasteiger partial charge on any atom is 0.407 e. The lowest BCUT2D eigenvalue weighted by Crippen LogP contribution is -2.55. The lowest BCUT2D eigenvalue weighted by Gasteiger charge is -2.41. The van der Waals surface area contributed by atoms with Crippen LogP contribution in [-0.4, -0.2) is 52.2 Å². The number of hydrogen-bond acceptors (Lipinski definition) is 6. The van der Waals surface area contributed by atoms with Crippen LogP contribution in [0.3, 0.4) is 0 Å². The van der Waals surface area contributed by atoms with Crippen LogP contribution in [0.5, 0.6) is 0 Å². The third-order valence-electron chi connectivity index (χ3n) is 6.52. The first-order valence-electron chi connectivity index (χ1n) is 12.1. The molecular weight excluding hydrogens is 480 g/mol. The molecule has 1 saturated heterocycles. The average Bonchev–Trinajstić information content (AvgIpc) is 3.31. The van der Waals surface area contributed by atoms with Crippen molar-refractivity contribution in [1.29, 1.82) is 0 Å². The molecule has 0 spiro atoms. The van der Waals surface area contributed by atoms with Crippen LogP contribution >= 0.6 is 11.6 Å². The summed E-state index contributed by atoms with van der Waals surface area (Å²) in [7, 11) is 0. The largest absolute Gasteiger partial charge is 0.444 e. The normalized spacial score (nSPS) is 16.4. The maximum absolute atomic E-state index is 13.7. The van der Waals surface area contributed by atoms with E-state index < -0.39 is 17.1 Å². The molecule has 3 heterocycles. The van der Waals surface area contributed by atoms with Crippen molar-refractivity contribution in [2.45, 2.75) is 52.2 Å². The van der Waals surface area contributed by atoms with Gasteiger partial charge in [0.05, 0.1) is 16.8 Å². The van der Waals surface area contributed by atoms with Gasteiger partial charge < -0.3 is 25.3 Å². The van der Waals surface area contributed by atoms with Crippen molar-refractivity contribution in [3.63, 3.8) is 0 Å². The van der Waals surface area contributed by atoms with Gasteiger partial charge in [-0.1, -0.05) is 23.7 Å². The molecule has 0 saturated carbocycles. The summed E-state index contributed by atoms with van der Waals surface area (Å²) in [5.74, 6) is 0.736. The lowest BCUT2D eigenvalue weighted by atomic mass is 9.77. The van der Waals surface area contributed by atoms with Crippen molar-refractivity contribution < 1.29 is 14.3 Å². The van der Waals surface area contributed by atoms with Gasteiger partial charge in [-0.15, -0.1) is 0 Å². The van der Waals surface area contributed by atoms with Gasteiger partial charge in [-0.2, -0.15) is 0 Å². The quantitative estimate of drug-likeness (QED) is 0.445. The van der Waals surface area contributed by atoms with E-state index in [1.165, 1.54) is 0 Å². The Labute approximate surface area is 216 Å². The first kappa shape index (κ1) is 25.8. The van der Waals surface area contributed by atoms with E-state index in [2.05, 4.69) is 30.5 Å². The molecule has 9 nitrogen and oxygen atoms in total. The Balaban J connectivity index is 1.51. The van der Waals surface area contributed by atoms with Gasteiger partial charge in [-0.3, -0.25) is 4.79 Å². The summed E-state index contributed by atoms with van der Waals surface area (Å²) in [6, 6.07) is 9.16. The Morgan fingerprint density at radius 1 is 1.17 bits per heavy atom. The fraction of sp³-hybridized carbons (Fsp3) is 0.462. The molecule has 2 aromatic heterocycles. The molecule has 10 heteroatoms. The highest BCUT2D eigenvalue weighted by Crippen LogP contribution is 2.35. The molecule has 3 N–H and O–H groups in total. The van der Waals surface area contributed by atoms with Gasteiger partial charge in [0.15, 0.2) is 0 Å². The number of halogens is 1. The third-order valence-corrected chi connectivity index (χ3v) is 6.77. The Morgan fingerprint density at radius 3 is 2.53 bits per heavy atom. The zero-order valence-electron chi connectivity index (χ0n) is 21.1. The average molecular weight is 513 g/mol. The van der Waals surface area contributed by atoms with Gasteiger partial charge in [-0.05, 0) is 64.3 Å². The number of carbonyl (C=O) groups excluding carboxylic acids is 2. The van der Waals surface area contributed by atoms with Crippen LogP contribution in [0.4, 0.5) is 10.6 Å². The van der Waals surface area contributed by atoms with Gasteiger partial charge in [0.25, 0.3) is 0 Å². The molecule has 1 atom stereocenters. The standard InChI is InChI=1S/C26H33ClN6O3/c1-17(18-5-7-19(27)8-6-18)32-23(34)26(15-29-24(35)36-25(2,3)4)10-13-33(14-11-26)22-20-9-12-28-21(20)30-16-31-22/h5-9,12,16-17H,10-11,13-15H2,1-4H3,(H,29,35)(H,32,34)(H,28,30,31). The van der Waals surface area contributed by atoms with Gasteiger partial charge in [0.1, 0.15) is 23.4 Å². The van der Waals surface area contributed by atoms with E-state index in [1.54, 1.807) is 18.5 Å². The maximum atomic E-state index is 13.7. The highest BCUT2D eigenvalue weighted by molar-refractivity contribution is 6.30. The van der Waals surface area contributed by atoms with Crippen molar-refractivity contribution >= 4 is 40.5 Å². The number of nitrogens with zero attached hydrogens (tertiary/aromatic N) is 3. The zero-order chi connectivity index (χ0) is 25.9. The second-order valence-corrected chi connectivity index (χ2v) is 10.7. The molecule has 0 aliphatic carbocycles. The number of anilines is 1. The second kappa shape index (κ2) is 10.3. The highest BCUT2D eigenvalue weighted by Gasteiger charge is 2.43. The summed E-state index contributed by atoms with van der Waals surface area (Å²) >= 11 is 6.02. The number of rotatable bonds is 6. The molecule has 0 bridgehead atoms. The topological polar surface area (TPSA) is 112 Å². The smallest absolute Gasteiger partial charge is 0.407 e. The second-order valence-electron chi connectivity index (χ2n) is 10.3. The monoisotopic (exact) mass is 512 g/mol. The van der Waals surface area contributed by atoms with Crippen LogP contribution in [-0.2, 0) is 9.53 Å². The lowest BCUT2D eigenvalue weighted by molar-refractivity contribution is -0.132. The van der Waals surface area contributed by atoms with E-state index >= 15 is 0 Å². The SMILES string of the molecule is CC(NC(=O)C1(CNC(=O)OC(C)(C)C)CCN(c2ncnc3[nH]ccc23)CC1)c1ccc(Cl)cc1. The number of amides is 2. The van der Waals surface area contributed by atoms with E-state index in [1.807, 2.05) is 52.1 Å². The number of H-pyrrole nitrogens is 1. The van der Waals surface area contributed by atoms with E-state index in [4.69, 9.17) is 16.3 Å². The number of carbonyl (C=O) groups is 2. The van der Waals surface area contributed by atoms with Crippen molar-refractivity contribution in [3.8, 4) is 0 Å². The van der Waals surface area contributed by atoms with Gasteiger partial charge >= 0.3 is 6.09 Å². The molecule has 1 aliphatic rings. The molecule has 4 rings (SSSR count). The summed E-state index contributed by atoms with van der Waals surface area (Å²) in [5.41, 5.74) is 0.313. The third kappa shape index (κ3) is 5.90. The number of benzene rings is 1. The fourth-order valence-corrected chi connectivity index (χ4v) is 4.61. The number of fused-ring (bicyclic) bond motifs is 1. The Kier molecular flexibility index (Phi) is 7.40. The molecule has 36 heavy (non-hydrogen) atoms. The molecule has 3 aromatic rings. The number of piperidine rings is 1. The number of aromatic amines is 1. The Hall–Kier alpha value is -3.33. The fourth-order valence-electron chi connectivity index (χ4n) is 4.48. The number of aromatic nitrogens is 3. The summed E-state index contributed by atoms with van der Waals surface area (Å²) in [5, 5.41) is 7.58. The minimum atomic E-state index is -0.793. The molecule has 1 unspecified atom stereocenters. The van der Waals surface area contributed by atoms with Gasteiger partial charge in [0.2, 0.25) is 5.91 Å². The number of hydrogen-bond donors (Lipinski definition) is 3. The van der Waals surface area contributed by atoms with Crippen molar-refractivity contribution in [1.82, 2.24) is 25.6 Å². The number of ether oxygens (including phenoxy) is 1. The van der Waals surface area contributed by atoms with Crippen LogP contribution in [0.2, 0.25) is 5.02 Å². The first-order valence-corrected chi connectivity index (χ1v) is 12.5. The van der Waals surface area contributed by atoms with Crippen LogP contribution < -0.4 is 15.5 Å². The molecule has 1 aromatic carbocycles. The first-order chi connectivity index (χ1) is 17.1. The van der Waals surface area contributed by atoms with Crippen LogP contribution in [0.1, 0.15) is 52.1 Å². The molecule has 2 amide bonds. The predicted octanol–water partition coefficient (Wildman–Crippen LogP) is 4.60. The van der Waals surface area contributed by atoms with Crippen molar-refractivity contribution in [2.24, 2.45) is 5.41 Å². The van der Waals surface area contributed by atoms with Crippen molar-refractivity contribution in [2.75, 3.05) is 24.5 Å². The summed E-state index contributed by atoms with van der Waals surface area (Å²) < 4.78 is 5.42. The van der Waals surface area contributed by atoms with Crippen molar-refractivity contribution in [3.05, 3.63) is 53.4 Å². The predicted molar refractivity (Wildman–Crippen MR) is 140 cm³/mol. The number of alkyl carbamates (subject to hydrolysis) is 1. The molecule has 0 radical (unpaired) electrons.